The number of benzene rings is 1. The number of hydrogen-bond donors (Lipinski definition) is 1. The van der Waals surface area contributed by atoms with Crippen LogP contribution >= 0.6 is 0 Å². The maximum Gasteiger partial charge on any atom is 0.203 e. The van der Waals surface area contributed by atoms with E-state index in [0.717, 1.165) is 50.4 Å². The molecule has 0 aliphatic carbocycles. The number of ketones is 1. The number of fused-ring (bicyclic) bond motifs is 1. The minimum Gasteiger partial charge on any atom is -0.379 e. The monoisotopic (exact) mass is 302 g/mol. The zero-order valence-corrected chi connectivity index (χ0v) is 12.9. The smallest absolute Gasteiger partial charge is 0.203 e. The number of imidazole rings is 1. The lowest BCUT2D eigenvalue weighted by Gasteiger charge is -2.26. The quantitative estimate of drug-likeness (QED) is 0.890. The molecule has 2 heterocycles. The van der Waals surface area contributed by atoms with Crippen LogP contribution in [0.5, 0.6) is 0 Å². The number of aromatic nitrogens is 2. The summed E-state index contributed by atoms with van der Waals surface area (Å²) in [5.74, 6) is 0.0644. The van der Waals surface area contributed by atoms with Crippen LogP contribution in [0.2, 0.25) is 0 Å². The standard InChI is InChI=1S/C16H22N4O2/c1-13(21)12-20-15-5-3-2-4-14(15)19(16(20)17)7-6-18-8-10-22-11-9-18/h2-5,17H,6-12H2,1H3. The van der Waals surface area contributed by atoms with Crippen LogP contribution in [0.1, 0.15) is 6.92 Å². The molecule has 0 saturated carbocycles. The third-order valence-corrected chi connectivity index (χ3v) is 4.10. The molecule has 0 amide bonds. The van der Waals surface area contributed by atoms with E-state index in [1.165, 1.54) is 0 Å². The number of rotatable bonds is 5. The molecular formula is C16H22N4O2. The fraction of sp³-hybridized carbons (Fsp3) is 0.500. The van der Waals surface area contributed by atoms with Gasteiger partial charge in [0.2, 0.25) is 5.62 Å². The summed E-state index contributed by atoms with van der Waals surface area (Å²) in [5.41, 5.74) is 2.36. The fourth-order valence-electron chi connectivity index (χ4n) is 2.97. The molecule has 1 aliphatic heterocycles. The van der Waals surface area contributed by atoms with E-state index in [2.05, 4.69) is 4.90 Å². The van der Waals surface area contributed by atoms with Gasteiger partial charge in [-0.1, -0.05) is 12.1 Å². The normalized spacial score (nSPS) is 16.2. The Kier molecular flexibility index (Phi) is 4.40. The van der Waals surface area contributed by atoms with E-state index in [9.17, 15) is 4.79 Å². The number of Topliss-reactive ketones (excluding diaryl/α,β-unsaturated/α-hetero) is 1. The molecule has 1 fully saturated rings. The van der Waals surface area contributed by atoms with Crippen LogP contribution in [0.4, 0.5) is 0 Å². The molecule has 6 heteroatoms. The number of nitrogens with one attached hydrogen (secondary N) is 1. The van der Waals surface area contributed by atoms with E-state index in [-0.39, 0.29) is 12.3 Å². The first-order chi connectivity index (χ1) is 10.7. The molecular weight excluding hydrogens is 280 g/mol. The Hall–Kier alpha value is -1.92. The first-order valence-electron chi connectivity index (χ1n) is 7.69. The van der Waals surface area contributed by atoms with Crippen molar-refractivity contribution in [2.75, 3.05) is 32.8 Å². The largest absolute Gasteiger partial charge is 0.379 e. The highest BCUT2D eigenvalue weighted by Crippen LogP contribution is 2.13. The van der Waals surface area contributed by atoms with Crippen LogP contribution in [0, 0.1) is 5.41 Å². The average Bonchev–Trinajstić information content (AvgIpc) is 2.78. The van der Waals surface area contributed by atoms with Crippen LogP contribution in [-0.2, 0) is 22.6 Å². The predicted molar refractivity (Wildman–Crippen MR) is 83.7 cm³/mol. The Morgan fingerprint density at radius 1 is 1.14 bits per heavy atom. The van der Waals surface area contributed by atoms with Gasteiger partial charge in [0.25, 0.3) is 0 Å². The lowest BCUT2D eigenvalue weighted by Crippen LogP contribution is -2.39. The van der Waals surface area contributed by atoms with Gasteiger partial charge in [0.1, 0.15) is 5.78 Å². The highest BCUT2D eigenvalue weighted by atomic mass is 16.5. The highest BCUT2D eigenvalue weighted by Gasteiger charge is 2.14. The molecule has 0 bridgehead atoms. The zero-order chi connectivity index (χ0) is 15.5. The van der Waals surface area contributed by atoms with Gasteiger partial charge in [-0.05, 0) is 19.1 Å². The van der Waals surface area contributed by atoms with E-state index in [1.807, 2.05) is 28.8 Å². The van der Waals surface area contributed by atoms with Crippen molar-refractivity contribution in [3.63, 3.8) is 0 Å². The van der Waals surface area contributed by atoms with Crippen LogP contribution in [-0.4, -0.2) is 52.7 Å². The minimum atomic E-state index is 0.0644. The van der Waals surface area contributed by atoms with Crippen molar-refractivity contribution in [3.05, 3.63) is 29.9 Å². The molecule has 1 aliphatic rings. The van der Waals surface area contributed by atoms with Crippen LogP contribution in [0.3, 0.4) is 0 Å². The number of hydrogen-bond acceptors (Lipinski definition) is 4. The second kappa shape index (κ2) is 6.46. The molecule has 1 saturated heterocycles. The molecule has 0 spiro atoms. The molecule has 0 atom stereocenters. The molecule has 1 aromatic heterocycles. The van der Waals surface area contributed by atoms with Gasteiger partial charge in [-0.15, -0.1) is 0 Å². The Morgan fingerprint density at radius 2 is 1.77 bits per heavy atom. The molecule has 0 unspecified atom stereocenters. The summed E-state index contributed by atoms with van der Waals surface area (Å²) in [5, 5.41) is 8.42. The van der Waals surface area contributed by atoms with Crippen molar-refractivity contribution in [3.8, 4) is 0 Å². The van der Waals surface area contributed by atoms with Gasteiger partial charge in [0, 0.05) is 26.2 Å². The molecule has 22 heavy (non-hydrogen) atoms. The summed E-state index contributed by atoms with van der Waals surface area (Å²) in [4.78, 5) is 13.8. The molecule has 3 rings (SSSR count). The third-order valence-electron chi connectivity index (χ3n) is 4.10. The molecule has 0 radical (unpaired) electrons. The molecule has 118 valence electrons. The maximum absolute atomic E-state index is 11.5. The number of para-hydroxylation sites is 2. The van der Waals surface area contributed by atoms with Crippen molar-refractivity contribution in [2.24, 2.45) is 0 Å². The topological polar surface area (TPSA) is 63.2 Å². The fourth-order valence-corrected chi connectivity index (χ4v) is 2.97. The Balaban J connectivity index is 1.89. The number of carbonyl (C=O) groups excluding carboxylic acids is 1. The maximum atomic E-state index is 11.5. The average molecular weight is 302 g/mol. The van der Waals surface area contributed by atoms with Gasteiger partial charge in [-0.2, -0.15) is 0 Å². The van der Waals surface area contributed by atoms with Crippen molar-refractivity contribution >= 4 is 16.8 Å². The van der Waals surface area contributed by atoms with E-state index >= 15 is 0 Å². The third kappa shape index (κ3) is 2.98. The lowest BCUT2D eigenvalue weighted by atomic mass is 10.3. The molecule has 1 N–H and O–H groups in total. The summed E-state index contributed by atoms with van der Waals surface area (Å²) >= 11 is 0. The van der Waals surface area contributed by atoms with Gasteiger partial charge in [-0.3, -0.25) is 15.1 Å². The van der Waals surface area contributed by atoms with Gasteiger partial charge < -0.3 is 13.9 Å². The lowest BCUT2D eigenvalue weighted by molar-refractivity contribution is -0.117. The Morgan fingerprint density at radius 3 is 2.41 bits per heavy atom. The Labute approximate surface area is 129 Å². The van der Waals surface area contributed by atoms with E-state index in [0.29, 0.717) is 5.62 Å². The zero-order valence-electron chi connectivity index (χ0n) is 12.9. The van der Waals surface area contributed by atoms with E-state index in [1.54, 1.807) is 11.5 Å². The molecule has 6 nitrogen and oxygen atoms in total. The summed E-state index contributed by atoms with van der Waals surface area (Å²) in [6.45, 7) is 6.92. The summed E-state index contributed by atoms with van der Waals surface area (Å²) < 4.78 is 9.15. The highest BCUT2D eigenvalue weighted by molar-refractivity contribution is 5.80. The van der Waals surface area contributed by atoms with Crippen LogP contribution in [0.15, 0.2) is 24.3 Å². The van der Waals surface area contributed by atoms with E-state index in [4.69, 9.17) is 10.1 Å². The SMILES string of the molecule is CC(=O)Cn1c(=N)n(CCN2CCOCC2)c2ccccc21. The summed E-state index contributed by atoms with van der Waals surface area (Å²) in [6, 6.07) is 7.92. The summed E-state index contributed by atoms with van der Waals surface area (Å²) in [6.07, 6.45) is 0. The van der Waals surface area contributed by atoms with Crippen molar-refractivity contribution in [1.82, 2.24) is 14.0 Å². The number of ether oxygens (including phenoxy) is 1. The summed E-state index contributed by atoms with van der Waals surface area (Å²) in [7, 11) is 0. The molecule has 2 aromatic rings. The first kappa shape index (κ1) is 15.0. The number of carbonyl (C=O) groups is 1. The van der Waals surface area contributed by atoms with Crippen molar-refractivity contribution in [1.29, 1.82) is 5.41 Å². The van der Waals surface area contributed by atoms with Gasteiger partial charge in [0.05, 0.1) is 30.8 Å². The van der Waals surface area contributed by atoms with Crippen LogP contribution < -0.4 is 5.62 Å². The van der Waals surface area contributed by atoms with Gasteiger partial charge in [-0.25, -0.2) is 0 Å². The van der Waals surface area contributed by atoms with Gasteiger partial charge in [0.15, 0.2) is 0 Å². The minimum absolute atomic E-state index is 0.0644. The first-order valence-corrected chi connectivity index (χ1v) is 7.69. The predicted octanol–water partition coefficient (Wildman–Crippen LogP) is 0.843. The second-order valence-electron chi connectivity index (χ2n) is 5.71. The Bertz CT molecular complexity index is 725. The number of nitrogens with zero attached hydrogens (tertiary/aromatic N) is 3. The van der Waals surface area contributed by atoms with Crippen LogP contribution in [0.25, 0.3) is 11.0 Å². The van der Waals surface area contributed by atoms with Crippen molar-refractivity contribution < 1.29 is 9.53 Å². The molecule has 1 aromatic carbocycles. The second-order valence-corrected chi connectivity index (χ2v) is 5.71. The number of morpholine rings is 1. The van der Waals surface area contributed by atoms with E-state index < -0.39 is 0 Å². The van der Waals surface area contributed by atoms with Crippen molar-refractivity contribution in [2.45, 2.75) is 20.0 Å². The van der Waals surface area contributed by atoms with Gasteiger partial charge >= 0.3 is 0 Å².